The minimum Gasteiger partial charge on any atom is -0.374 e. The van der Waals surface area contributed by atoms with Crippen LogP contribution >= 0.6 is 0 Å². The Labute approximate surface area is 144 Å². The fourth-order valence-electron chi connectivity index (χ4n) is 3.53. The summed E-state index contributed by atoms with van der Waals surface area (Å²) < 4.78 is 5.83. The molecule has 1 aromatic rings. The molecule has 2 fully saturated rings. The summed E-state index contributed by atoms with van der Waals surface area (Å²) in [4.78, 5) is 14.7. The summed E-state index contributed by atoms with van der Waals surface area (Å²) in [6.07, 6.45) is 2.16. The first-order valence-electron chi connectivity index (χ1n) is 9.09. The van der Waals surface area contributed by atoms with Gasteiger partial charge in [-0.3, -0.25) is 9.69 Å². The van der Waals surface area contributed by atoms with Crippen molar-refractivity contribution in [2.75, 3.05) is 32.8 Å². The minimum atomic E-state index is -0.0437. The highest BCUT2D eigenvalue weighted by molar-refractivity contribution is 5.81. The number of nitrogens with zero attached hydrogens (tertiary/aromatic N) is 1. The van der Waals surface area contributed by atoms with Crippen molar-refractivity contribution in [1.82, 2.24) is 15.5 Å². The van der Waals surface area contributed by atoms with Crippen LogP contribution < -0.4 is 10.6 Å². The first kappa shape index (κ1) is 17.4. The van der Waals surface area contributed by atoms with E-state index in [0.717, 1.165) is 45.6 Å². The monoisotopic (exact) mass is 331 g/mol. The van der Waals surface area contributed by atoms with Crippen LogP contribution in [0.5, 0.6) is 0 Å². The van der Waals surface area contributed by atoms with Crippen LogP contribution in [0, 0.1) is 5.92 Å². The lowest BCUT2D eigenvalue weighted by molar-refractivity contribution is -0.125. The van der Waals surface area contributed by atoms with E-state index in [-0.39, 0.29) is 18.1 Å². The first-order valence-corrected chi connectivity index (χ1v) is 9.09. The zero-order chi connectivity index (χ0) is 16.8. The minimum absolute atomic E-state index is 0.0437. The average molecular weight is 331 g/mol. The molecule has 1 aromatic carbocycles. The van der Waals surface area contributed by atoms with Gasteiger partial charge in [0.15, 0.2) is 0 Å². The summed E-state index contributed by atoms with van der Waals surface area (Å²) in [7, 11) is 0. The van der Waals surface area contributed by atoms with E-state index in [1.54, 1.807) is 0 Å². The predicted molar refractivity (Wildman–Crippen MR) is 94.7 cm³/mol. The van der Waals surface area contributed by atoms with Gasteiger partial charge < -0.3 is 15.4 Å². The largest absolute Gasteiger partial charge is 0.374 e. The molecule has 5 nitrogen and oxygen atoms in total. The van der Waals surface area contributed by atoms with E-state index in [9.17, 15) is 4.79 Å². The van der Waals surface area contributed by atoms with Gasteiger partial charge in [-0.2, -0.15) is 0 Å². The van der Waals surface area contributed by atoms with Crippen LogP contribution in [-0.4, -0.2) is 55.7 Å². The second kappa shape index (κ2) is 8.60. The number of carbonyl (C=O) groups is 1. The molecule has 1 amide bonds. The quantitative estimate of drug-likeness (QED) is 0.856. The number of benzene rings is 1. The normalized spacial score (nSPS) is 28.5. The van der Waals surface area contributed by atoms with Crippen molar-refractivity contribution in [3.05, 3.63) is 35.9 Å². The summed E-state index contributed by atoms with van der Waals surface area (Å²) >= 11 is 0. The van der Waals surface area contributed by atoms with Gasteiger partial charge >= 0.3 is 0 Å². The summed E-state index contributed by atoms with van der Waals surface area (Å²) in [5.41, 5.74) is 1.32. The number of nitrogens with one attached hydrogen (secondary N) is 2. The Morgan fingerprint density at radius 1 is 1.38 bits per heavy atom. The molecule has 3 rings (SSSR count). The number of amides is 1. The lowest BCUT2D eigenvalue weighted by Gasteiger charge is -2.33. The van der Waals surface area contributed by atoms with E-state index in [0.29, 0.717) is 12.5 Å². The maximum absolute atomic E-state index is 12.3. The molecule has 0 spiro atoms. The molecule has 2 saturated heterocycles. The highest BCUT2D eigenvalue weighted by atomic mass is 16.5. The van der Waals surface area contributed by atoms with Gasteiger partial charge in [-0.25, -0.2) is 0 Å². The Kier molecular flexibility index (Phi) is 6.24. The molecule has 2 aliphatic heterocycles. The molecule has 0 radical (unpaired) electrons. The topological polar surface area (TPSA) is 53.6 Å². The van der Waals surface area contributed by atoms with Gasteiger partial charge in [0.25, 0.3) is 0 Å². The maximum atomic E-state index is 12.3. The molecule has 0 saturated carbocycles. The molecule has 5 heteroatoms. The van der Waals surface area contributed by atoms with Crippen LogP contribution in [0.4, 0.5) is 0 Å². The molecular formula is C19H29N3O2. The van der Waals surface area contributed by atoms with Crippen LogP contribution in [0.15, 0.2) is 30.3 Å². The Balaban J connectivity index is 1.42. The lowest BCUT2D eigenvalue weighted by Crippen LogP contribution is -2.52. The van der Waals surface area contributed by atoms with Crippen LogP contribution in [0.2, 0.25) is 0 Å². The Morgan fingerprint density at radius 2 is 2.21 bits per heavy atom. The van der Waals surface area contributed by atoms with E-state index in [1.165, 1.54) is 5.56 Å². The summed E-state index contributed by atoms with van der Waals surface area (Å²) in [5, 5.41) is 6.39. The number of carbonyl (C=O) groups excluding carboxylic acids is 1. The number of piperidine rings is 1. The number of ether oxygens (including phenoxy) is 1. The number of hydrogen-bond donors (Lipinski definition) is 2. The highest BCUT2D eigenvalue weighted by Gasteiger charge is 2.26. The van der Waals surface area contributed by atoms with Gasteiger partial charge in [0.1, 0.15) is 0 Å². The highest BCUT2D eigenvalue weighted by Crippen LogP contribution is 2.15. The average Bonchev–Trinajstić information content (AvgIpc) is 2.61. The SMILES string of the molecule is CC1CCNC(C(=O)NCC2CN(Cc3ccccc3)CCO2)C1. The third-order valence-electron chi connectivity index (χ3n) is 4.96. The van der Waals surface area contributed by atoms with Crippen molar-refractivity contribution < 1.29 is 9.53 Å². The molecule has 132 valence electrons. The molecule has 2 heterocycles. The molecular weight excluding hydrogens is 302 g/mol. The Bertz CT molecular complexity index is 523. The van der Waals surface area contributed by atoms with E-state index in [2.05, 4.69) is 46.7 Å². The van der Waals surface area contributed by atoms with Gasteiger partial charge in [-0.15, -0.1) is 0 Å². The van der Waals surface area contributed by atoms with E-state index in [1.807, 2.05) is 6.07 Å². The molecule has 24 heavy (non-hydrogen) atoms. The number of rotatable bonds is 5. The summed E-state index contributed by atoms with van der Waals surface area (Å²) in [6.45, 7) is 7.22. The van der Waals surface area contributed by atoms with Gasteiger partial charge in [-0.1, -0.05) is 37.3 Å². The van der Waals surface area contributed by atoms with Crippen molar-refractivity contribution >= 4 is 5.91 Å². The Hall–Kier alpha value is -1.43. The zero-order valence-corrected chi connectivity index (χ0v) is 14.5. The van der Waals surface area contributed by atoms with Crippen LogP contribution in [-0.2, 0) is 16.1 Å². The molecule has 0 aliphatic carbocycles. The molecule has 2 aliphatic rings. The van der Waals surface area contributed by atoms with E-state index >= 15 is 0 Å². The smallest absolute Gasteiger partial charge is 0.237 e. The van der Waals surface area contributed by atoms with Crippen molar-refractivity contribution in [3.8, 4) is 0 Å². The van der Waals surface area contributed by atoms with Crippen molar-refractivity contribution in [3.63, 3.8) is 0 Å². The van der Waals surface area contributed by atoms with Crippen LogP contribution in [0.3, 0.4) is 0 Å². The summed E-state index contributed by atoms with van der Waals surface area (Å²) in [6, 6.07) is 10.5. The molecule has 0 aromatic heterocycles. The number of morpholine rings is 1. The molecule has 3 atom stereocenters. The Morgan fingerprint density at radius 3 is 3.00 bits per heavy atom. The molecule has 3 unspecified atom stereocenters. The van der Waals surface area contributed by atoms with Crippen molar-refractivity contribution in [1.29, 1.82) is 0 Å². The second-order valence-electron chi connectivity index (χ2n) is 7.09. The third kappa shape index (κ3) is 5.03. The zero-order valence-electron chi connectivity index (χ0n) is 14.5. The fourth-order valence-corrected chi connectivity index (χ4v) is 3.53. The lowest BCUT2D eigenvalue weighted by atomic mass is 9.94. The van der Waals surface area contributed by atoms with Crippen LogP contribution in [0.1, 0.15) is 25.3 Å². The van der Waals surface area contributed by atoms with Gasteiger partial charge in [-0.05, 0) is 30.9 Å². The van der Waals surface area contributed by atoms with Gasteiger partial charge in [0.2, 0.25) is 5.91 Å². The first-order chi connectivity index (χ1) is 11.7. The standard InChI is InChI=1S/C19H29N3O2/c1-15-7-8-20-18(11-15)19(23)21-12-17-14-22(9-10-24-17)13-16-5-3-2-4-6-16/h2-6,15,17-18,20H,7-14H2,1H3,(H,21,23). The van der Waals surface area contributed by atoms with Gasteiger partial charge in [0.05, 0.1) is 18.8 Å². The van der Waals surface area contributed by atoms with Gasteiger partial charge in [0, 0.05) is 26.2 Å². The number of hydrogen-bond acceptors (Lipinski definition) is 4. The fraction of sp³-hybridized carbons (Fsp3) is 0.632. The summed E-state index contributed by atoms with van der Waals surface area (Å²) in [5.74, 6) is 0.736. The maximum Gasteiger partial charge on any atom is 0.237 e. The molecule has 0 bridgehead atoms. The van der Waals surface area contributed by atoms with Crippen molar-refractivity contribution in [2.24, 2.45) is 5.92 Å². The third-order valence-corrected chi connectivity index (χ3v) is 4.96. The molecule has 2 N–H and O–H groups in total. The van der Waals surface area contributed by atoms with Crippen molar-refractivity contribution in [2.45, 2.75) is 38.5 Å². The van der Waals surface area contributed by atoms with Crippen LogP contribution in [0.25, 0.3) is 0 Å². The van der Waals surface area contributed by atoms with E-state index in [4.69, 9.17) is 4.74 Å². The second-order valence-corrected chi connectivity index (χ2v) is 7.09. The predicted octanol–water partition coefficient (Wildman–Crippen LogP) is 1.39. The van der Waals surface area contributed by atoms with E-state index < -0.39 is 0 Å².